The minimum atomic E-state index is 0.212. The highest BCUT2D eigenvalue weighted by Crippen LogP contribution is 2.39. The van der Waals surface area contributed by atoms with Crippen molar-refractivity contribution in [3.8, 4) is 0 Å². The van der Waals surface area contributed by atoms with Crippen LogP contribution in [0.15, 0.2) is 30.7 Å². The van der Waals surface area contributed by atoms with Gasteiger partial charge in [-0.25, -0.2) is 4.98 Å². The number of fused-ring (bicyclic) bond motifs is 1. The van der Waals surface area contributed by atoms with E-state index in [9.17, 15) is 0 Å². The van der Waals surface area contributed by atoms with Crippen molar-refractivity contribution in [3.05, 3.63) is 47.7 Å². The number of H-pyrrole nitrogens is 2. The summed E-state index contributed by atoms with van der Waals surface area (Å²) in [4.78, 5) is 13.0. The molecule has 26 heavy (non-hydrogen) atoms. The Kier molecular flexibility index (Phi) is 3.30. The van der Waals surface area contributed by atoms with E-state index >= 15 is 0 Å². The van der Waals surface area contributed by atoms with E-state index in [2.05, 4.69) is 40.7 Å². The number of anilines is 3. The maximum Gasteiger partial charge on any atom is 0.221 e. The molecule has 130 valence electrons. The summed E-state index contributed by atoms with van der Waals surface area (Å²) in [5.74, 6) is 2.17. The highest BCUT2D eigenvalue weighted by molar-refractivity contribution is 5.80. The van der Waals surface area contributed by atoms with Crippen molar-refractivity contribution in [2.24, 2.45) is 0 Å². The molecule has 0 saturated heterocycles. The van der Waals surface area contributed by atoms with Crippen molar-refractivity contribution in [2.75, 3.05) is 11.1 Å². The highest BCUT2D eigenvalue weighted by atomic mass is 15.2. The number of pyridine rings is 1. The first kappa shape index (κ1) is 14.8. The SMILES string of the molecule is Nc1ncc(Cc2nccc3[nH]ncc23)c(Nc2cc(C3CC3)[nH]n2)n1. The molecule has 4 aromatic heterocycles. The van der Waals surface area contributed by atoms with E-state index in [1.54, 1.807) is 18.6 Å². The standard InChI is InChI=1S/C17H17N9/c18-17-20-7-10(5-14-11-8-21-24-12(11)3-4-19-14)16(23-17)22-15-6-13(25-26-15)9-1-2-9/h3-4,6-9H,1-2,5H2,(H,21,24)(H4,18,20,22,23,25,26). The van der Waals surface area contributed by atoms with Crippen LogP contribution in [0.2, 0.25) is 0 Å². The molecule has 5 N–H and O–H groups in total. The van der Waals surface area contributed by atoms with Gasteiger partial charge < -0.3 is 11.1 Å². The van der Waals surface area contributed by atoms with Gasteiger partial charge in [0.25, 0.3) is 0 Å². The van der Waals surface area contributed by atoms with Gasteiger partial charge in [0.15, 0.2) is 5.82 Å². The number of hydrogen-bond donors (Lipinski definition) is 4. The zero-order valence-corrected chi connectivity index (χ0v) is 13.9. The fourth-order valence-electron chi connectivity index (χ4n) is 3.03. The Hall–Kier alpha value is -3.49. The third-order valence-corrected chi connectivity index (χ3v) is 4.55. The van der Waals surface area contributed by atoms with Gasteiger partial charge in [-0.2, -0.15) is 15.2 Å². The van der Waals surface area contributed by atoms with Gasteiger partial charge in [-0.15, -0.1) is 0 Å². The number of nitrogens with one attached hydrogen (secondary N) is 3. The fraction of sp³-hybridized carbons (Fsp3) is 0.235. The van der Waals surface area contributed by atoms with Gasteiger partial charge in [-0.05, 0) is 18.9 Å². The van der Waals surface area contributed by atoms with Crippen molar-refractivity contribution >= 4 is 28.5 Å². The van der Waals surface area contributed by atoms with E-state index in [1.807, 2.05) is 12.1 Å². The number of nitrogens with zero attached hydrogens (tertiary/aromatic N) is 5. The van der Waals surface area contributed by atoms with E-state index in [4.69, 9.17) is 5.73 Å². The molecule has 0 aliphatic heterocycles. The topological polar surface area (TPSA) is 134 Å². The molecular formula is C17H17N9. The first-order chi connectivity index (χ1) is 12.8. The third kappa shape index (κ3) is 2.73. The summed E-state index contributed by atoms with van der Waals surface area (Å²) >= 11 is 0. The molecule has 0 spiro atoms. The number of rotatable bonds is 5. The average molecular weight is 347 g/mol. The number of aromatic amines is 2. The summed E-state index contributed by atoms with van der Waals surface area (Å²) < 4.78 is 0. The van der Waals surface area contributed by atoms with Crippen molar-refractivity contribution in [1.82, 2.24) is 35.3 Å². The number of nitrogen functional groups attached to an aromatic ring is 1. The molecule has 0 aromatic carbocycles. The van der Waals surface area contributed by atoms with Crippen LogP contribution in [0.1, 0.15) is 35.7 Å². The lowest BCUT2D eigenvalue weighted by Gasteiger charge is -2.09. The van der Waals surface area contributed by atoms with Crippen molar-refractivity contribution < 1.29 is 0 Å². The van der Waals surface area contributed by atoms with Crippen molar-refractivity contribution in [1.29, 1.82) is 0 Å². The first-order valence-electron chi connectivity index (χ1n) is 8.47. The molecule has 0 amide bonds. The molecule has 0 atom stereocenters. The predicted molar refractivity (Wildman–Crippen MR) is 97.0 cm³/mol. The Morgan fingerprint density at radius 2 is 2.12 bits per heavy atom. The van der Waals surface area contributed by atoms with Crippen LogP contribution in [0.5, 0.6) is 0 Å². The molecule has 9 heteroatoms. The maximum atomic E-state index is 5.79. The Balaban J connectivity index is 1.47. The third-order valence-electron chi connectivity index (χ3n) is 4.55. The summed E-state index contributed by atoms with van der Waals surface area (Å²) in [6.45, 7) is 0. The normalized spacial score (nSPS) is 14.0. The smallest absolute Gasteiger partial charge is 0.221 e. The molecular weight excluding hydrogens is 330 g/mol. The second kappa shape index (κ2) is 5.80. The molecule has 1 fully saturated rings. The highest BCUT2D eigenvalue weighted by Gasteiger charge is 2.25. The molecule has 4 heterocycles. The van der Waals surface area contributed by atoms with Gasteiger partial charge in [0, 0.05) is 47.4 Å². The number of nitrogens with two attached hydrogens (primary N) is 1. The molecule has 4 aromatic rings. The zero-order chi connectivity index (χ0) is 17.5. The van der Waals surface area contributed by atoms with Crippen LogP contribution in [-0.4, -0.2) is 35.3 Å². The molecule has 5 rings (SSSR count). The first-order valence-corrected chi connectivity index (χ1v) is 8.47. The lowest BCUT2D eigenvalue weighted by atomic mass is 10.1. The van der Waals surface area contributed by atoms with Crippen molar-refractivity contribution in [2.45, 2.75) is 25.2 Å². The van der Waals surface area contributed by atoms with Gasteiger partial charge in [0.05, 0.1) is 17.4 Å². The average Bonchev–Trinajstić information content (AvgIpc) is 3.18. The fourth-order valence-corrected chi connectivity index (χ4v) is 3.03. The molecule has 1 aliphatic carbocycles. The van der Waals surface area contributed by atoms with Crippen LogP contribution in [-0.2, 0) is 6.42 Å². The van der Waals surface area contributed by atoms with Crippen molar-refractivity contribution in [3.63, 3.8) is 0 Å². The lowest BCUT2D eigenvalue weighted by molar-refractivity contribution is 0.965. The van der Waals surface area contributed by atoms with Crippen LogP contribution in [0, 0.1) is 0 Å². The van der Waals surface area contributed by atoms with Crippen LogP contribution in [0.25, 0.3) is 10.9 Å². The monoisotopic (exact) mass is 347 g/mol. The minimum Gasteiger partial charge on any atom is -0.368 e. The quantitative estimate of drug-likeness (QED) is 0.435. The maximum absolute atomic E-state index is 5.79. The van der Waals surface area contributed by atoms with Gasteiger partial charge in [-0.1, -0.05) is 0 Å². The minimum absolute atomic E-state index is 0.212. The predicted octanol–water partition coefficient (Wildman–Crippen LogP) is 2.26. The molecule has 1 saturated carbocycles. The largest absolute Gasteiger partial charge is 0.368 e. The van der Waals surface area contributed by atoms with Crippen LogP contribution in [0.4, 0.5) is 17.6 Å². The van der Waals surface area contributed by atoms with E-state index < -0.39 is 0 Å². The molecule has 9 nitrogen and oxygen atoms in total. The van der Waals surface area contributed by atoms with Gasteiger partial charge in [0.2, 0.25) is 5.95 Å². The van der Waals surface area contributed by atoms with E-state index in [1.165, 1.54) is 12.8 Å². The molecule has 0 radical (unpaired) electrons. The van der Waals surface area contributed by atoms with Gasteiger partial charge >= 0.3 is 0 Å². The number of hydrogen-bond acceptors (Lipinski definition) is 7. The summed E-state index contributed by atoms with van der Waals surface area (Å²) in [5.41, 5.74) is 9.67. The molecule has 0 unspecified atom stereocenters. The van der Waals surface area contributed by atoms with Gasteiger partial charge in [0.1, 0.15) is 5.82 Å². The van der Waals surface area contributed by atoms with Gasteiger partial charge in [-0.3, -0.25) is 15.2 Å². The molecule has 1 aliphatic rings. The number of aromatic nitrogens is 7. The Morgan fingerprint density at radius 3 is 3.00 bits per heavy atom. The summed E-state index contributed by atoms with van der Waals surface area (Å²) in [6, 6.07) is 3.92. The Labute approximate surface area is 148 Å². The van der Waals surface area contributed by atoms with Crippen LogP contribution >= 0.6 is 0 Å². The Morgan fingerprint density at radius 1 is 1.19 bits per heavy atom. The van der Waals surface area contributed by atoms with E-state index in [0.29, 0.717) is 18.2 Å². The zero-order valence-electron chi connectivity index (χ0n) is 13.9. The lowest BCUT2D eigenvalue weighted by Crippen LogP contribution is -2.05. The Bertz CT molecular complexity index is 1080. The summed E-state index contributed by atoms with van der Waals surface area (Å²) in [6.07, 6.45) is 8.25. The second-order valence-electron chi connectivity index (χ2n) is 6.48. The summed E-state index contributed by atoms with van der Waals surface area (Å²) in [7, 11) is 0. The molecule has 0 bridgehead atoms. The summed E-state index contributed by atoms with van der Waals surface area (Å²) in [5, 5.41) is 18.7. The van der Waals surface area contributed by atoms with E-state index in [-0.39, 0.29) is 5.95 Å². The second-order valence-corrected chi connectivity index (χ2v) is 6.48. The van der Waals surface area contributed by atoms with Crippen LogP contribution < -0.4 is 11.1 Å². The van der Waals surface area contributed by atoms with Crippen LogP contribution in [0.3, 0.4) is 0 Å². The van der Waals surface area contributed by atoms with E-state index in [0.717, 1.165) is 33.7 Å².